The van der Waals surface area contributed by atoms with Crippen molar-refractivity contribution in [2.24, 2.45) is 0 Å². The second-order valence-corrected chi connectivity index (χ2v) is 3.82. The molecule has 1 amide bonds. The smallest absolute Gasteiger partial charge is 0.216 e. The van der Waals surface area contributed by atoms with Crippen molar-refractivity contribution >= 4 is 5.91 Å². The Kier molecular flexibility index (Phi) is 4.35. The van der Waals surface area contributed by atoms with Crippen molar-refractivity contribution in [3.63, 3.8) is 0 Å². The fourth-order valence-corrected chi connectivity index (χ4v) is 1.39. The van der Waals surface area contributed by atoms with Crippen molar-refractivity contribution in [1.29, 1.82) is 0 Å². The third-order valence-corrected chi connectivity index (χ3v) is 2.40. The summed E-state index contributed by atoms with van der Waals surface area (Å²) in [7, 11) is 0. The van der Waals surface area contributed by atoms with Crippen LogP contribution in [-0.2, 0) is 4.79 Å². The molecule has 0 heterocycles. The van der Waals surface area contributed by atoms with Crippen LogP contribution in [0.2, 0.25) is 0 Å². The summed E-state index contributed by atoms with van der Waals surface area (Å²) in [6, 6.07) is 2.23. The molecular formula is C11H15NO6. The van der Waals surface area contributed by atoms with Gasteiger partial charge < -0.3 is 30.8 Å². The van der Waals surface area contributed by atoms with Crippen LogP contribution in [0.4, 0.5) is 0 Å². The molecule has 2 unspecified atom stereocenters. The zero-order chi connectivity index (χ0) is 13.9. The summed E-state index contributed by atoms with van der Waals surface area (Å²) in [5.74, 6) is -2.42. The monoisotopic (exact) mass is 257 g/mol. The van der Waals surface area contributed by atoms with Crippen LogP contribution in [0.15, 0.2) is 12.1 Å². The summed E-state index contributed by atoms with van der Waals surface area (Å²) in [6.07, 6.45) is -2.87. The number of aliphatic hydroxyl groups excluding tert-OH is 2. The van der Waals surface area contributed by atoms with E-state index in [1.165, 1.54) is 6.92 Å². The summed E-state index contributed by atoms with van der Waals surface area (Å²) >= 11 is 0. The lowest BCUT2D eigenvalue weighted by Crippen LogP contribution is -2.34. The maximum absolute atomic E-state index is 10.6. The Morgan fingerprint density at radius 1 is 1.22 bits per heavy atom. The van der Waals surface area contributed by atoms with Gasteiger partial charge >= 0.3 is 0 Å². The number of amides is 1. The first kappa shape index (κ1) is 14.1. The molecule has 7 nitrogen and oxygen atoms in total. The molecule has 100 valence electrons. The van der Waals surface area contributed by atoms with Gasteiger partial charge in [-0.2, -0.15) is 0 Å². The average Bonchev–Trinajstić information content (AvgIpc) is 2.32. The zero-order valence-corrected chi connectivity index (χ0v) is 9.66. The Morgan fingerprint density at radius 3 is 2.39 bits per heavy atom. The van der Waals surface area contributed by atoms with E-state index < -0.39 is 29.5 Å². The Balaban J connectivity index is 2.86. The fraction of sp³-hybridized carbons (Fsp3) is 0.364. The van der Waals surface area contributed by atoms with E-state index in [2.05, 4.69) is 5.32 Å². The minimum atomic E-state index is -1.51. The molecule has 1 aromatic rings. The Labute approximate surface area is 103 Å². The van der Waals surface area contributed by atoms with Crippen LogP contribution in [0.25, 0.3) is 0 Å². The zero-order valence-electron chi connectivity index (χ0n) is 9.66. The van der Waals surface area contributed by atoms with Crippen LogP contribution >= 0.6 is 0 Å². The van der Waals surface area contributed by atoms with Gasteiger partial charge in [-0.05, 0) is 12.1 Å². The molecule has 1 aromatic carbocycles. The number of phenolic OH excluding ortho intramolecular Hbond substituents is 3. The molecule has 2 atom stereocenters. The molecule has 1 rings (SSSR count). The van der Waals surface area contributed by atoms with E-state index in [0.29, 0.717) is 0 Å². The van der Waals surface area contributed by atoms with E-state index in [1.54, 1.807) is 0 Å². The van der Waals surface area contributed by atoms with Gasteiger partial charge in [-0.1, -0.05) is 0 Å². The number of hydrogen-bond donors (Lipinski definition) is 6. The molecule has 18 heavy (non-hydrogen) atoms. The summed E-state index contributed by atoms with van der Waals surface area (Å²) in [5, 5.41) is 49.5. The second-order valence-electron chi connectivity index (χ2n) is 3.82. The molecule has 0 spiro atoms. The largest absolute Gasteiger partial charge is 0.504 e. The Morgan fingerprint density at radius 2 is 1.83 bits per heavy atom. The summed E-state index contributed by atoms with van der Waals surface area (Å²) < 4.78 is 0. The lowest BCUT2D eigenvalue weighted by Gasteiger charge is -2.19. The van der Waals surface area contributed by atoms with Crippen molar-refractivity contribution in [3.8, 4) is 17.2 Å². The lowest BCUT2D eigenvalue weighted by molar-refractivity contribution is -0.119. The number of aromatic hydroxyl groups is 3. The average molecular weight is 257 g/mol. The quantitative estimate of drug-likeness (QED) is 0.397. The minimum absolute atomic E-state index is 0.150. The van der Waals surface area contributed by atoms with Gasteiger partial charge in [0.1, 0.15) is 12.2 Å². The van der Waals surface area contributed by atoms with Crippen molar-refractivity contribution in [3.05, 3.63) is 17.7 Å². The molecule has 0 aromatic heterocycles. The highest BCUT2D eigenvalue weighted by Crippen LogP contribution is 2.40. The molecule has 0 aliphatic rings. The van der Waals surface area contributed by atoms with Gasteiger partial charge in [0.05, 0.1) is 0 Å². The highest BCUT2D eigenvalue weighted by Gasteiger charge is 2.24. The van der Waals surface area contributed by atoms with E-state index in [4.69, 9.17) is 5.11 Å². The van der Waals surface area contributed by atoms with E-state index in [9.17, 15) is 25.2 Å². The van der Waals surface area contributed by atoms with Gasteiger partial charge in [0, 0.05) is 19.0 Å². The molecular weight excluding hydrogens is 242 g/mol. The molecule has 0 fully saturated rings. The summed E-state index contributed by atoms with van der Waals surface area (Å²) in [4.78, 5) is 10.6. The number of benzene rings is 1. The molecule has 6 N–H and O–H groups in total. The van der Waals surface area contributed by atoms with Crippen LogP contribution in [0, 0.1) is 0 Å². The number of rotatable bonds is 4. The molecule has 0 aliphatic carbocycles. The van der Waals surface area contributed by atoms with Crippen LogP contribution in [0.5, 0.6) is 17.2 Å². The van der Waals surface area contributed by atoms with Crippen molar-refractivity contribution in [1.82, 2.24) is 5.32 Å². The van der Waals surface area contributed by atoms with E-state index in [1.807, 2.05) is 0 Å². The highest BCUT2D eigenvalue weighted by molar-refractivity contribution is 5.72. The third-order valence-electron chi connectivity index (χ3n) is 2.40. The normalized spacial score (nSPS) is 13.9. The number of carbonyl (C=O) groups excluding carboxylic acids is 1. The number of aliphatic hydroxyl groups is 2. The second kappa shape index (κ2) is 5.56. The predicted octanol–water partition coefficient (Wildman–Crippen LogP) is -0.666. The third kappa shape index (κ3) is 3.02. The number of nitrogens with one attached hydrogen (secondary N) is 1. The SMILES string of the molecule is CC(=O)NCC(O)C(O)c1ccc(O)c(O)c1O. The molecule has 0 radical (unpaired) electrons. The van der Waals surface area contributed by atoms with Crippen molar-refractivity contribution in [2.45, 2.75) is 19.1 Å². The summed E-state index contributed by atoms with van der Waals surface area (Å²) in [5.41, 5.74) is -0.150. The van der Waals surface area contributed by atoms with Gasteiger partial charge in [0.2, 0.25) is 11.7 Å². The fourth-order valence-electron chi connectivity index (χ4n) is 1.39. The van der Waals surface area contributed by atoms with Gasteiger partial charge in [-0.3, -0.25) is 4.79 Å². The lowest BCUT2D eigenvalue weighted by atomic mass is 10.0. The molecule has 7 heteroatoms. The first-order valence-corrected chi connectivity index (χ1v) is 5.19. The van der Waals surface area contributed by atoms with Gasteiger partial charge in [0.25, 0.3) is 0 Å². The highest BCUT2D eigenvalue weighted by atomic mass is 16.3. The molecule has 0 bridgehead atoms. The van der Waals surface area contributed by atoms with Gasteiger partial charge in [-0.25, -0.2) is 0 Å². The predicted molar refractivity (Wildman–Crippen MR) is 61.1 cm³/mol. The Hall–Kier alpha value is -1.99. The van der Waals surface area contributed by atoms with Crippen molar-refractivity contribution in [2.75, 3.05) is 6.54 Å². The molecule has 0 saturated carbocycles. The first-order valence-electron chi connectivity index (χ1n) is 5.19. The molecule has 0 aliphatic heterocycles. The van der Waals surface area contributed by atoms with Crippen LogP contribution in [0.3, 0.4) is 0 Å². The maximum Gasteiger partial charge on any atom is 0.216 e. The minimum Gasteiger partial charge on any atom is -0.504 e. The van der Waals surface area contributed by atoms with Crippen LogP contribution in [0.1, 0.15) is 18.6 Å². The number of hydrogen-bond acceptors (Lipinski definition) is 6. The van der Waals surface area contributed by atoms with E-state index >= 15 is 0 Å². The Bertz CT molecular complexity index is 447. The maximum atomic E-state index is 10.6. The standard InChI is InChI=1S/C11H15NO6/c1-5(13)12-4-8(15)9(16)6-2-3-7(14)11(18)10(6)17/h2-3,8-9,14-18H,4H2,1H3,(H,12,13). The summed E-state index contributed by atoms with van der Waals surface area (Å²) in [6.45, 7) is 1.04. The topological polar surface area (TPSA) is 130 Å². The number of carbonyl (C=O) groups is 1. The van der Waals surface area contributed by atoms with Crippen molar-refractivity contribution < 1.29 is 30.3 Å². The molecule has 0 saturated heterocycles. The van der Waals surface area contributed by atoms with E-state index in [-0.39, 0.29) is 18.0 Å². The van der Waals surface area contributed by atoms with E-state index in [0.717, 1.165) is 12.1 Å². The van der Waals surface area contributed by atoms with Gasteiger partial charge in [0.15, 0.2) is 11.5 Å². The van der Waals surface area contributed by atoms with Crippen LogP contribution in [-0.4, -0.2) is 44.1 Å². The first-order chi connectivity index (χ1) is 8.34. The number of phenols is 3. The van der Waals surface area contributed by atoms with Gasteiger partial charge in [-0.15, -0.1) is 0 Å². The van der Waals surface area contributed by atoms with Crippen LogP contribution < -0.4 is 5.32 Å².